The quantitative estimate of drug-likeness (QED) is 0.595. The molecule has 1 aliphatic heterocycles. The van der Waals surface area contributed by atoms with Crippen molar-refractivity contribution >= 4 is 29.1 Å². The Bertz CT molecular complexity index is 502. The highest BCUT2D eigenvalue weighted by Crippen LogP contribution is 2.27. The molecule has 0 unspecified atom stereocenters. The van der Waals surface area contributed by atoms with Crippen molar-refractivity contribution in [3.8, 4) is 0 Å². The topological polar surface area (TPSA) is 52.6 Å². The first kappa shape index (κ1) is 11.7. The van der Waals surface area contributed by atoms with E-state index in [1.165, 1.54) is 7.11 Å². The van der Waals surface area contributed by atoms with Gasteiger partial charge in [0.25, 0.3) is 0 Å². The van der Waals surface area contributed by atoms with Crippen LogP contribution < -0.4 is 0 Å². The molecule has 0 bridgehead atoms. The summed E-state index contributed by atoms with van der Waals surface area (Å²) in [5.74, 6) is -1.33. The summed E-state index contributed by atoms with van der Waals surface area (Å²) in [4.78, 5) is 22.9. The van der Waals surface area contributed by atoms with Crippen LogP contribution in [0.2, 0.25) is 5.02 Å². The zero-order valence-corrected chi connectivity index (χ0v) is 9.78. The Labute approximate surface area is 103 Å². The minimum Gasteiger partial charge on any atom is -0.465 e. The third-order valence-electron chi connectivity index (χ3n) is 2.44. The van der Waals surface area contributed by atoms with Crippen LogP contribution in [-0.4, -0.2) is 25.7 Å². The second-order valence-electron chi connectivity index (χ2n) is 3.43. The normalized spacial score (nSPS) is 14.8. The Balaban J connectivity index is 2.48. The van der Waals surface area contributed by atoms with Gasteiger partial charge in [-0.15, -0.1) is 0 Å². The lowest BCUT2D eigenvalue weighted by atomic mass is 10.0. The smallest absolute Gasteiger partial charge is 0.346 e. The first-order chi connectivity index (χ1) is 8.13. The van der Waals surface area contributed by atoms with E-state index in [9.17, 15) is 9.59 Å². The molecule has 1 aromatic carbocycles. The average molecular weight is 253 g/mol. The molecule has 0 atom stereocenters. The Morgan fingerprint density at radius 1 is 1.35 bits per heavy atom. The summed E-state index contributed by atoms with van der Waals surface area (Å²) in [5.41, 5.74) is 1.20. The maximum Gasteiger partial charge on any atom is 0.346 e. The summed E-state index contributed by atoms with van der Waals surface area (Å²) in [5, 5.41) is 0.583. The van der Waals surface area contributed by atoms with Gasteiger partial charge in [0.1, 0.15) is 6.61 Å². The monoisotopic (exact) mass is 252 g/mol. The van der Waals surface area contributed by atoms with Gasteiger partial charge in [0.2, 0.25) is 0 Å². The molecular weight excluding hydrogens is 244 g/mol. The lowest BCUT2D eigenvalue weighted by molar-refractivity contribution is -0.143. The number of esters is 2. The van der Waals surface area contributed by atoms with Crippen molar-refractivity contribution in [2.24, 2.45) is 0 Å². The molecule has 1 aromatic rings. The highest BCUT2D eigenvalue weighted by Gasteiger charge is 2.32. The first-order valence-electron chi connectivity index (χ1n) is 4.88. The Hall–Kier alpha value is -1.81. The van der Waals surface area contributed by atoms with E-state index in [4.69, 9.17) is 16.3 Å². The molecule has 0 aromatic heterocycles. The van der Waals surface area contributed by atoms with Crippen LogP contribution in [0.1, 0.15) is 5.56 Å². The molecule has 0 amide bonds. The fraction of sp³-hybridized carbons (Fsp3) is 0.167. The molecule has 0 fully saturated rings. The molecule has 1 heterocycles. The predicted molar refractivity (Wildman–Crippen MR) is 61.3 cm³/mol. The van der Waals surface area contributed by atoms with E-state index in [0.717, 1.165) is 5.56 Å². The van der Waals surface area contributed by atoms with Gasteiger partial charge < -0.3 is 9.47 Å². The molecule has 0 saturated carbocycles. The number of methoxy groups -OCH3 is 1. The van der Waals surface area contributed by atoms with Crippen LogP contribution in [0.25, 0.3) is 5.57 Å². The third kappa shape index (κ3) is 2.17. The summed E-state index contributed by atoms with van der Waals surface area (Å²) in [7, 11) is 1.22. The number of carbonyl (C=O) groups is 2. The zero-order valence-electron chi connectivity index (χ0n) is 9.03. The molecule has 0 radical (unpaired) electrons. The van der Waals surface area contributed by atoms with Gasteiger partial charge >= 0.3 is 11.9 Å². The SMILES string of the molecule is COC(=O)C1=C(c2ccc(Cl)cc2)COC1=O. The lowest BCUT2D eigenvalue weighted by Crippen LogP contribution is -2.12. The summed E-state index contributed by atoms with van der Waals surface area (Å²) in [6.45, 7) is 0.0743. The lowest BCUT2D eigenvalue weighted by Gasteiger charge is -2.02. The number of rotatable bonds is 2. The van der Waals surface area contributed by atoms with Crippen LogP contribution >= 0.6 is 11.6 Å². The Kier molecular flexibility index (Phi) is 3.15. The highest BCUT2D eigenvalue weighted by atomic mass is 35.5. The Morgan fingerprint density at radius 2 is 2.00 bits per heavy atom. The second kappa shape index (κ2) is 4.59. The van der Waals surface area contributed by atoms with Gasteiger partial charge in [-0.05, 0) is 17.7 Å². The molecule has 2 rings (SSSR count). The molecule has 0 aliphatic carbocycles. The molecular formula is C12H9ClO4. The molecule has 5 heteroatoms. The molecule has 0 saturated heterocycles. The third-order valence-corrected chi connectivity index (χ3v) is 2.69. The van der Waals surface area contributed by atoms with Gasteiger partial charge in [0.05, 0.1) is 7.11 Å². The largest absolute Gasteiger partial charge is 0.465 e. The van der Waals surface area contributed by atoms with E-state index >= 15 is 0 Å². The fourth-order valence-corrected chi connectivity index (χ4v) is 1.72. The number of benzene rings is 1. The number of hydrogen-bond donors (Lipinski definition) is 0. The van der Waals surface area contributed by atoms with Gasteiger partial charge in [-0.1, -0.05) is 23.7 Å². The standard InChI is InChI=1S/C12H9ClO4/c1-16-11(14)10-9(6-17-12(10)15)7-2-4-8(13)5-3-7/h2-5H,6H2,1H3. The van der Waals surface area contributed by atoms with E-state index in [0.29, 0.717) is 10.6 Å². The summed E-state index contributed by atoms with van der Waals surface area (Å²) < 4.78 is 9.40. The molecule has 0 N–H and O–H groups in total. The average Bonchev–Trinajstić information content (AvgIpc) is 2.71. The minimum absolute atomic E-state index is 0.0465. The summed E-state index contributed by atoms with van der Waals surface area (Å²) in [6, 6.07) is 6.81. The molecule has 17 heavy (non-hydrogen) atoms. The van der Waals surface area contributed by atoms with Crippen molar-refractivity contribution in [3.63, 3.8) is 0 Å². The highest BCUT2D eigenvalue weighted by molar-refractivity contribution is 6.30. The number of cyclic esters (lactones) is 1. The number of carbonyl (C=O) groups excluding carboxylic acids is 2. The van der Waals surface area contributed by atoms with Crippen molar-refractivity contribution in [3.05, 3.63) is 40.4 Å². The second-order valence-corrected chi connectivity index (χ2v) is 3.86. The number of hydrogen-bond acceptors (Lipinski definition) is 4. The van der Waals surface area contributed by atoms with Crippen LogP contribution in [-0.2, 0) is 19.1 Å². The van der Waals surface area contributed by atoms with Gasteiger partial charge in [-0.25, -0.2) is 9.59 Å². The van der Waals surface area contributed by atoms with Crippen molar-refractivity contribution < 1.29 is 19.1 Å². The number of ether oxygens (including phenoxy) is 2. The number of halogens is 1. The van der Waals surface area contributed by atoms with E-state index in [2.05, 4.69) is 4.74 Å². The van der Waals surface area contributed by atoms with Gasteiger partial charge in [0, 0.05) is 10.6 Å². The van der Waals surface area contributed by atoms with Crippen LogP contribution in [0, 0.1) is 0 Å². The van der Waals surface area contributed by atoms with Crippen LogP contribution in [0.5, 0.6) is 0 Å². The Morgan fingerprint density at radius 3 is 2.59 bits per heavy atom. The van der Waals surface area contributed by atoms with E-state index in [1.54, 1.807) is 24.3 Å². The van der Waals surface area contributed by atoms with Crippen molar-refractivity contribution in [1.82, 2.24) is 0 Å². The van der Waals surface area contributed by atoms with Crippen molar-refractivity contribution in [1.29, 1.82) is 0 Å². The summed E-state index contributed by atoms with van der Waals surface area (Å²) >= 11 is 5.77. The van der Waals surface area contributed by atoms with E-state index in [1.807, 2.05) is 0 Å². The van der Waals surface area contributed by atoms with E-state index in [-0.39, 0.29) is 12.2 Å². The van der Waals surface area contributed by atoms with Crippen LogP contribution in [0.15, 0.2) is 29.8 Å². The fourth-order valence-electron chi connectivity index (χ4n) is 1.59. The van der Waals surface area contributed by atoms with Gasteiger partial charge in [0.15, 0.2) is 5.57 Å². The molecule has 4 nitrogen and oxygen atoms in total. The predicted octanol–water partition coefficient (Wildman–Crippen LogP) is 1.82. The molecule has 88 valence electrons. The maximum absolute atomic E-state index is 11.5. The molecule has 0 spiro atoms. The van der Waals surface area contributed by atoms with Crippen LogP contribution in [0.3, 0.4) is 0 Å². The van der Waals surface area contributed by atoms with Gasteiger partial charge in [-0.2, -0.15) is 0 Å². The zero-order chi connectivity index (χ0) is 12.4. The van der Waals surface area contributed by atoms with Crippen LogP contribution in [0.4, 0.5) is 0 Å². The van der Waals surface area contributed by atoms with Crippen molar-refractivity contribution in [2.75, 3.05) is 13.7 Å². The van der Waals surface area contributed by atoms with Gasteiger partial charge in [-0.3, -0.25) is 0 Å². The maximum atomic E-state index is 11.5. The van der Waals surface area contributed by atoms with Crippen molar-refractivity contribution in [2.45, 2.75) is 0 Å². The summed E-state index contributed by atoms with van der Waals surface area (Å²) in [6.07, 6.45) is 0. The van der Waals surface area contributed by atoms with E-state index < -0.39 is 11.9 Å². The minimum atomic E-state index is -0.683. The first-order valence-corrected chi connectivity index (χ1v) is 5.26. The molecule has 1 aliphatic rings.